The van der Waals surface area contributed by atoms with Gasteiger partial charge in [0.15, 0.2) is 17.7 Å². The topological polar surface area (TPSA) is 101 Å². The van der Waals surface area contributed by atoms with E-state index in [1.165, 1.54) is 15.7 Å². The number of carbonyl (C=O) groups excluding carboxylic acids is 2. The summed E-state index contributed by atoms with van der Waals surface area (Å²) in [5, 5.41) is 16.2. The molecule has 1 unspecified atom stereocenters. The summed E-state index contributed by atoms with van der Waals surface area (Å²) < 4.78 is 8.10. The highest BCUT2D eigenvalue weighted by Crippen LogP contribution is 2.26. The van der Waals surface area contributed by atoms with Crippen molar-refractivity contribution in [3.63, 3.8) is 0 Å². The van der Waals surface area contributed by atoms with Crippen LogP contribution in [0.5, 0.6) is 5.75 Å². The molecular formula is C20H17N3O5S. The number of rotatable bonds is 3. The number of carbonyl (C=O) groups is 2. The monoisotopic (exact) mass is 411 g/mol. The van der Waals surface area contributed by atoms with Gasteiger partial charge in [-0.05, 0) is 34.5 Å². The molecule has 29 heavy (non-hydrogen) atoms. The lowest BCUT2D eigenvalue weighted by molar-refractivity contribution is 0.00845. The molecular weight excluding hydrogens is 394 g/mol. The Labute approximate surface area is 168 Å². The minimum absolute atomic E-state index is 0.101. The Morgan fingerprint density at radius 1 is 1.31 bits per heavy atom. The normalized spacial score (nSPS) is 18.0. The van der Waals surface area contributed by atoms with E-state index in [1.807, 2.05) is 29.6 Å². The number of aromatic nitrogens is 1. The second-order valence-electron chi connectivity index (χ2n) is 7.02. The zero-order chi connectivity index (χ0) is 20.1. The van der Waals surface area contributed by atoms with Crippen molar-refractivity contribution in [1.29, 1.82) is 0 Å². The van der Waals surface area contributed by atoms with E-state index in [4.69, 9.17) is 4.74 Å². The van der Waals surface area contributed by atoms with Crippen molar-refractivity contribution in [1.82, 2.24) is 14.8 Å². The average Bonchev–Trinajstić information content (AvgIpc) is 3.37. The van der Waals surface area contributed by atoms with Crippen LogP contribution in [0.1, 0.15) is 26.4 Å². The molecule has 4 heterocycles. The molecule has 1 saturated heterocycles. The molecule has 0 saturated carbocycles. The third-order valence-electron chi connectivity index (χ3n) is 5.28. The van der Waals surface area contributed by atoms with Gasteiger partial charge < -0.3 is 24.6 Å². The van der Waals surface area contributed by atoms with E-state index in [9.17, 15) is 19.5 Å². The van der Waals surface area contributed by atoms with Crippen molar-refractivity contribution in [2.24, 2.45) is 0 Å². The second-order valence-corrected chi connectivity index (χ2v) is 7.97. The maximum atomic E-state index is 12.6. The van der Waals surface area contributed by atoms with Gasteiger partial charge in [-0.1, -0.05) is 6.07 Å². The van der Waals surface area contributed by atoms with Gasteiger partial charge in [-0.2, -0.15) is 0 Å². The van der Waals surface area contributed by atoms with Crippen LogP contribution < -0.4 is 10.7 Å². The number of nitrogens with zero attached hydrogens (tertiary/aromatic N) is 2. The molecule has 0 aliphatic carbocycles. The Balaban J connectivity index is 1.42. The predicted molar refractivity (Wildman–Crippen MR) is 106 cm³/mol. The largest absolute Gasteiger partial charge is 0.503 e. The van der Waals surface area contributed by atoms with E-state index in [0.29, 0.717) is 13.2 Å². The van der Waals surface area contributed by atoms with Crippen molar-refractivity contribution in [2.75, 3.05) is 13.2 Å². The summed E-state index contributed by atoms with van der Waals surface area (Å²) in [4.78, 5) is 39.2. The Morgan fingerprint density at radius 3 is 3.03 bits per heavy atom. The van der Waals surface area contributed by atoms with Gasteiger partial charge in [-0.15, -0.1) is 11.3 Å². The first-order valence-electron chi connectivity index (χ1n) is 9.16. The van der Waals surface area contributed by atoms with Gasteiger partial charge in [0.2, 0.25) is 5.43 Å². The number of hydrogen-bond acceptors (Lipinski definition) is 6. The summed E-state index contributed by atoms with van der Waals surface area (Å²) in [6.45, 7) is 1.31. The number of aromatic hydroxyl groups is 1. The van der Waals surface area contributed by atoms with E-state index < -0.39 is 29.2 Å². The standard InChI is InChI=1S/C20H17N3O5S/c24-17-13(19(26)21-8-11-1-2-14-12(7-11)3-6-29-14)9-22-10-15-23(4-5-28-15)20(27)16(22)18(17)25/h1-3,6-7,9,15,25H,4-5,8,10H2,(H,21,26). The molecule has 0 bridgehead atoms. The van der Waals surface area contributed by atoms with Crippen molar-refractivity contribution >= 4 is 33.2 Å². The zero-order valence-corrected chi connectivity index (χ0v) is 16.1. The van der Waals surface area contributed by atoms with Crippen molar-refractivity contribution in [2.45, 2.75) is 19.3 Å². The van der Waals surface area contributed by atoms with Gasteiger partial charge in [-0.25, -0.2) is 0 Å². The van der Waals surface area contributed by atoms with E-state index in [1.54, 1.807) is 11.3 Å². The molecule has 148 valence electrons. The van der Waals surface area contributed by atoms with Gasteiger partial charge in [0.1, 0.15) is 5.56 Å². The van der Waals surface area contributed by atoms with Gasteiger partial charge in [0, 0.05) is 24.0 Å². The fourth-order valence-electron chi connectivity index (χ4n) is 3.79. The molecule has 1 atom stereocenters. The molecule has 2 aliphatic rings. The van der Waals surface area contributed by atoms with Crippen LogP contribution in [-0.2, 0) is 17.8 Å². The summed E-state index contributed by atoms with van der Waals surface area (Å²) in [5.74, 6) is -1.77. The number of benzene rings is 1. The Kier molecular flexibility index (Phi) is 4.14. The van der Waals surface area contributed by atoms with Crippen LogP contribution in [0.25, 0.3) is 10.1 Å². The van der Waals surface area contributed by atoms with E-state index in [0.717, 1.165) is 15.6 Å². The lowest BCUT2D eigenvalue weighted by atomic mass is 10.1. The number of hydrogen-bond donors (Lipinski definition) is 2. The number of nitrogens with one attached hydrogen (secondary N) is 1. The molecule has 1 aromatic carbocycles. The molecule has 1 fully saturated rings. The van der Waals surface area contributed by atoms with Gasteiger partial charge >= 0.3 is 0 Å². The Morgan fingerprint density at radius 2 is 2.17 bits per heavy atom. The van der Waals surface area contributed by atoms with Crippen LogP contribution in [0.3, 0.4) is 0 Å². The first-order chi connectivity index (χ1) is 14.0. The van der Waals surface area contributed by atoms with Gasteiger partial charge in [0.05, 0.1) is 13.2 Å². The van der Waals surface area contributed by atoms with Gasteiger partial charge in [0.25, 0.3) is 11.8 Å². The molecule has 9 heteroatoms. The summed E-state index contributed by atoms with van der Waals surface area (Å²) in [5.41, 5.74) is -0.260. The Bertz CT molecular complexity index is 1210. The predicted octanol–water partition coefficient (Wildman–Crippen LogP) is 1.51. The fourth-order valence-corrected chi connectivity index (χ4v) is 4.56. The van der Waals surface area contributed by atoms with Crippen molar-refractivity contribution in [3.8, 4) is 5.75 Å². The lowest BCUT2D eigenvalue weighted by Crippen LogP contribution is -2.46. The minimum Gasteiger partial charge on any atom is -0.503 e. The quantitative estimate of drug-likeness (QED) is 0.681. The highest BCUT2D eigenvalue weighted by atomic mass is 32.1. The van der Waals surface area contributed by atoms with E-state index >= 15 is 0 Å². The lowest BCUT2D eigenvalue weighted by Gasteiger charge is -2.31. The molecule has 0 radical (unpaired) electrons. The molecule has 2 aromatic heterocycles. The summed E-state index contributed by atoms with van der Waals surface area (Å²) in [6.07, 6.45) is 0.872. The molecule has 0 spiro atoms. The summed E-state index contributed by atoms with van der Waals surface area (Å²) >= 11 is 1.64. The first-order valence-corrected chi connectivity index (χ1v) is 10.0. The number of ether oxygens (including phenoxy) is 1. The zero-order valence-electron chi connectivity index (χ0n) is 15.3. The van der Waals surface area contributed by atoms with Crippen LogP contribution in [-0.4, -0.2) is 45.8 Å². The van der Waals surface area contributed by atoms with Crippen molar-refractivity contribution < 1.29 is 19.4 Å². The van der Waals surface area contributed by atoms with Crippen LogP contribution in [0.2, 0.25) is 0 Å². The summed E-state index contributed by atoms with van der Waals surface area (Å²) in [6, 6.07) is 7.89. The second kappa shape index (κ2) is 6.71. The van der Waals surface area contributed by atoms with Crippen LogP contribution >= 0.6 is 11.3 Å². The minimum atomic E-state index is -0.853. The number of fused-ring (bicyclic) bond motifs is 3. The van der Waals surface area contributed by atoms with Crippen molar-refractivity contribution in [3.05, 3.63) is 62.9 Å². The van der Waals surface area contributed by atoms with Crippen LogP contribution in [0, 0.1) is 0 Å². The molecule has 2 amide bonds. The maximum Gasteiger partial charge on any atom is 0.276 e. The molecule has 2 aliphatic heterocycles. The third-order valence-corrected chi connectivity index (χ3v) is 6.17. The highest BCUT2D eigenvalue weighted by molar-refractivity contribution is 7.17. The first kappa shape index (κ1) is 17.9. The fraction of sp³-hybridized carbons (Fsp3) is 0.250. The smallest absolute Gasteiger partial charge is 0.276 e. The highest BCUT2D eigenvalue weighted by Gasteiger charge is 2.39. The average molecular weight is 411 g/mol. The molecule has 8 nitrogen and oxygen atoms in total. The van der Waals surface area contributed by atoms with E-state index in [-0.39, 0.29) is 24.3 Å². The molecule has 2 N–H and O–H groups in total. The van der Waals surface area contributed by atoms with E-state index in [2.05, 4.69) is 5.32 Å². The summed E-state index contributed by atoms with van der Waals surface area (Å²) in [7, 11) is 0. The number of thiophene rings is 1. The van der Waals surface area contributed by atoms with Gasteiger partial charge in [-0.3, -0.25) is 14.4 Å². The maximum absolute atomic E-state index is 12.6. The SMILES string of the molecule is O=C(NCc1ccc2sccc2c1)c1cn2c(c(O)c1=O)C(=O)N1CCOC1C2. The Hall–Kier alpha value is -3.17. The number of pyridine rings is 1. The molecule has 3 aromatic rings. The van der Waals surface area contributed by atoms with Crippen LogP contribution in [0.4, 0.5) is 0 Å². The van der Waals surface area contributed by atoms with Crippen LogP contribution in [0.15, 0.2) is 40.6 Å². The third kappa shape index (κ3) is 2.90. The number of amides is 2. The molecule has 5 rings (SSSR count).